The average Bonchev–Trinajstić information content (AvgIpc) is 2.97. The molecule has 1 aromatic heterocycles. The van der Waals surface area contributed by atoms with Gasteiger partial charge in [-0.05, 0) is 23.9 Å². The fraction of sp³-hybridized carbons (Fsp3) is 0.200. The lowest BCUT2D eigenvalue weighted by Crippen LogP contribution is -2.39. The Labute approximate surface area is 121 Å². The van der Waals surface area contributed by atoms with E-state index in [4.69, 9.17) is 0 Å². The second kappa shape index (κ2) is 6.86. The number of thiophene rings is 1. The number of benzene rings is 1. The highest BCUT2D eigenvalue weighted by Gasteiger charge is 2.12. The maximum atomic E-state index is 11.6. The molecule has 0 radical (unpaired) electrons. The van der Waals surface area contributed by atoms with Gasteiger partial charge in [0.2, 0.25) is 0 Å². The molecule has 1 heterocycles. The first-order valence-corrected chi connectivity index (χ1v) is 7.17. The van der Waals surface area contributed by atoms with Gasteiger partial charge < -0.3 is 10.6 Å². The molecule has 0 aliphatic carbocycles. The van der Waals surface area contributed by atoms with E-state index in [0.29, 0.717) is 13.1 Å². The van der Waals surface area contributed by atoms with E-state index >= 15 is 0 Å². The van der Waals surface area contributed by atoms with Crippen molar-refractivity contribution in [1.82, 2.24) is 10.6 Å². The van der Waals surface area contributed by atoms with Crippen molar-refractivity contribution < 1.29 is 9.59 Å². The molecular formula is C15H16N2O2S. The molecule has 0 fully saturated rings. The Bertz CT molecular complexity index is 576. The van der Waals surface area contributed by atoms with Crippen LogP contribution in [0.4, 0.5) is 0 Å². The first kappa shape index (κ1) is 14.3. The normalized spacial score (nSPS) is 10.1. The number of hydrogen-bond donors (Lipinski definition) is 2. The van der Waals surface area contributed by atoms with Crippen LogP contribution in [0, 0.1) is 6.92 Å². The summed E-state index contributed by atoms with van der Waals surface area (Å²) >= 11 is 1.54. The van der Waals surface area contributed by atoms with Gasteiger partial charge in [-0.3, -0.25) is 9.59 Å². The van der Waals surface area contributed by atoms with Crippen LogP contribution < -0.4 is 10.6 Å². The summed E-state index contributed by atoms with van der Waals surface area (Å²) in [6, 6.07) is 11.6. The van der Waals surface area contributed by atoms with Crippen LogP contribution in [0.1, 0.15) is 16.0 Å². The summed E-state index contributed by atoms with van der Waals surface area (Å²) in [6.45, 7) is 2.74. The van der Waals surface area contributed by atoms with Crippen molar-refractivity contribution in [3.8, 4) is 0 Å². The van der Waals surface area contributed by atoms with Gasteiger partial charge in [-0.1, -0.05) is 35.9 Å². The average molecular weight is 288 g/mol. The van der Waals surface area contributed by atoms with Gasteiger partial charge in [0.1, 0.15) is 0 Å². The van der Waals surface area contributed by atoms with Crippen LogP contribution in [0.5, 0.6) is 0 Å². The number of rotatable bonds is 4. The Balaban J connectivity index is 1.76. The van der Waals surface area contributed by atoms with Gasteiger partial charge in [0.05, 0.1) is 6.54 Å². The number of nitrogens with one attached hydrogen (secondary N) is 2. The number of amides is 2. The van der Waals surface area contributed by atoms with E-state index in [1.165, 1.54) is 0 Å². The number of carbonyl (C=O) groups is 2. The second-order valence-electron chi connectivity index (χ2n) is 4.43. The molecule has 5 heteroatoms. The minimum atomic E-state index is -0.609. The van der Waals surface area contributed by atoms with Crippen LogP contribution >= 0.6 is 11.3 Å². The van der Waals surface area contributed by atoms with Crippen molar-refractivity contribution in [1.29, 1.82) is 0 Å². The van der Waals surface area contributed by atoms with Gasteiger partial charge in [0.25, 0.3) is 0 Å². The molecule has 1 aromatic carbocycles. The molecule has 0 atom stereocenters. The van der Waals surface area contributed by atoms with E-state index in [9.17, 15) is 9.59 Å². The Morgan fingerprint density at radius 2 is 1.65 bits per heavy atom. The molecule has 0 bridgehead atoms. The summed E-state index contributed by atoms with van der Waals surface area (Å²) in [4.78, 5) is 24.2. The highest BCUT2D eigenvalue weighted by molar-refractivity contribution is 7.09. The lowest BCUT2D eigenvalue weighted by molar-refractivity contribution is -0.139. The molecule has 0 aliphatic heterocycles. The van der Waals surface area contributed by atoms with Crippen molar-refractivity contribution in [2.75, 3.05) is 0 Å². The fourth-order valence-electron chi connectivity index (χ4n) is 1.63. The molecule has 2 N–H and O–H groups in total. The van der Waals surface area contributed by atoms with E-state index in [1.54, 1.807) is 11.3 Å². The summed E-state index contributed by atoms with van der Waals surface area (Å²) in [5.41, 5.74) is 2.13. The largest absolute Gasteiger partial charge is 0.344 e. The van der Waals surface area contributed by atoms with E-state index in [1.807, 2.05) is 48.7 Å². The highest BCUT2D eigenvalue weighted by atomic mass is 32.1. The second-order valence-corrected chi connectivity index (χ2v) is 5.46. The van der Waals surface area contributed by atoms with Gasteiger partial charge >= 0.3 is 11.8 Å². The van der Waals surface area contributed by atoms with Gasteiger partial charge in [0, 0.05) is 11.4 Å². The lowest BCUT2D eigenvalue weighted by atomic mass is 10.1. The molecule has 0 spiro atoms. The predicted octanol–water partition coefficient (Wildman–Crippen LogP) is 1.99. The van der Waals surface area contributed by atoms with E-state index in [0.717, 1.165) is 16.0 Å². The molecule has 2 rings (SSSR count). The van der Waals surface area contributed by atoms with Crippen molar-refractivity contribution in [3.63, 3.8) is 0 Å². The number of carbonyl (C=O) groups excluding carboxylic acids is 2. The zero-order valence-corrected chi connectivity index (χ0v) is 12.0. The summed E-state index contributed by atoms with van der Waals surface area (Å²) in [6.07, 6.45) is 0. The Morgan fingerprint density at radius 3 is 2.25 bits per heavy atom. The lowest BCUT2D eigenvalue weighted by Gasteiger charge is -2.06. The van der Waals surface area contributed by atoms with Crippen molar-refractivity contribution >= 4 is 23.2 Å². The maximum absolute atomic E-state index is 11.6. The number of hydrogen-bond acceptors (Lipinski definition) is 3. The van der Waals surface area contributed by atoms with Crippen LogP contribution in [0.3, 0.4) is 0 Å². The molecule has 20 heavy (non-hydrogen) atoms. The summed E-state index contributed by atoms with van der Waals surface area (Å²) in [5, 5.41) is 7.12. The Hall–Kier alpha value is -2.14. The SMILES string of the molecule is Cc1ccc(CNC(=O)C(=O)NCc2cccs2)cc1. The summed E-state index contributed by atoms with van der Waals surface area (Å²) < 4.78 is 0. The van der Waals surface area contributed by atoms with Crippen LogP contribution in [0.2, 0.25) is 0 Å². The van der Waals surface area contributed by atoms with Gasteiger partial charge in [-0.25, -0.2) is 0 Å². The third kappa shape index (κ3) is 4.20. The topological polar surface area (TPSA) is 58.2 Å². The zero-order valence-electron chi connectivity index (χ0n) is 11.2. The quantitative estimate of drug-likeness (QED) is 0.845. The monoisotopic (exact) mass is 288 g/mol. The predicted molar refractivity (Wildman–Crippen MR) is 79.2 cm³/mol. The van der Waals surface area contributed by atoms with Crippen LogP contribution in [0.15, 0.2) is 41.8 Å². The van der Waals surface area contributed by atoms with Crippen LogP contribution in [-0.2, 0) is 22.7 Å². The van der Waals surface area contributed by atoms with Gasteiger partial charge in [0.15, 0.2) is 0 Å². The van der Waals surface area contributed by atoms with Gasteiger partial charge in [-0.2, -0.15) is 0 Å². The van der Waals surface area contributed by atoms with Crippen molar-refractivity contribution in [3.05, 3.63) is 57.8 Å². The number of aryl methyl sites for hydroxylation is 1. The molecule has 0 unspecified atom stereocenters. The third-order valence-corrected chi connectivity index (χ3v) is 3.66. The first-order valence-electron chi connectivity index (χ1n) is 6.29. The first-order chi connectivity index (χ1) is 9.65. The molecule has 0 aliphatic rings. The maximum Gasteiger partial charge on any atom is 0.309 e. The molecule has 0 saturated heterocycles. The van der Waals surface area contributed by atoms with E-state index in [-0.39, 0.29) is 0 Å². The highest BCUT2D eigenvalue weighted by Crippen LogP contribution is 2.07. The standard InChI is InChI=1S/C15H16N2O2S/c1-11-4-6-12(7-5-11)9-16-14(18)15(19)17-10-13-3-2-8-20-13/h2-8H,9-10H2,1H3,(H,16,18)(H,17,19). The fourth-order valence-corrected chi connectivity index (χ4v) is 2.27. The third-order valence-electron chi connectivity index (χ3n) is 2.78. The van der Waals surface area contributed by atoms with Gasteiger partial charge in [-0.15, -0.1) is 11.3 Å². The van der Waals surface area contributed by atoms with Crippen molar-refractivity contribution in [2.24, 2.45) is 0 Å². The van der Waals surface area contributed by atoms with Crippen LogP contribution in [0.25, 0.3) is 0 Å². The molecular weight excluding hydrogens is 272 g/mol. The minimum absolute atomic E-state index is 0.353. The molecule has 2 amide bonds. The molecule has 2 aromatic rings. The molecule has 0 saturated carbocycles. The molecule has 4 nitrogen and oxygen atoms in total. The zero-order chi connectivity index (χ0) is 14.4. The molecule has 104 valence electrons. The smallest absolute Gasteiger partial charge is 0.309 e. The van der Waals surface area contributed by atoms with E-state index < -0.39 is 11.8 Å². The summed E-state index contributed by atoms with van der Waals surface area (Å²) in [5.74, 6) is -1.22. The Kier molecular flexibility index (Phi) is 4.90. The Morgan fingerprint density at radius 1 is 1.00 bits per heavy atom. The van der Waals surface area contributed by atoms with Crippen LogP contribution in [-0.4, -0.2) is 11.8 Å². The van der Waals surface area contributed by atoms with Crippen molar-refractivity contribution in [2.45, 2.75) is 20.0 Å². The summed E-state index contributed by atoms with van der Waals surface area (Å²) in [7, 11) is 0. The minimum Gasteiger partial charge on any atom is -0.344 e. The van der Waals surface area contributed by atoms with E-state index in [2.05, 4.69) is 10.6 Å².